The van der Waals surface area contributed by atoms with Crippen LogP contribution in [0.2, 0.25) is 0 Å². The van der Waals surface area contributed by atoms with Gasteiger partial charge in [-0.05, 0) is 31.2 Å². The van der Waals surface area contributed by atoms with Crippen LogP contribution in [0.3, 0.4) is 0 Å². The van der Waals surface area contributed by atoms with Crippen LogP contribution in [0.4, 0.5) is 10.7 Å². The van der Waals surface area contributed by atoms with Gasteiger partial charge in [0, 0.05) is 22.6 Å². The van der Waals surface area contributed by atoms with Crippen molar-refractivity contribution < 1.29 is 14.5 Å². The number of nitro benzene ring substituents is 1. The largest absolute Gasteiger partial charge is 0.329 e. The molecule has 0 aliphatic heterocycles. The Bertz CT molecular complexity index is 1020. The molecule has 2 aromatic rings. The van der Waals surface area contributed by atoms with Gasteiger partial charge in [-0.1, -0.05) is 12.1 Å². The summed E-state index contributed by atoms with van der Waals surface area (Å²) in [5.74, 6) is -1.94. The van der Waals surface area contributed by atoms with Crippen LogP contribution in [0.25, 0.3) is 0 Å². The first kappa shape index (κ1) is 19.2. The molecule has 0 saturated carbocycles. The lowest BCUT2D eigenvalue weighted by Crippen LogP contribution is -2.32. The van der Waals surface area contributed by atoms with E-state index in [2.05, 4.69) is 21.9 Å². The maximum absolute atomic E-state index is 12.1. The Labute approximate surface area is 163 Å². The molecule has 142 valence electrons. The average Bonchev–Trinajstić information content (AvgIpc) is 3.04. The number of rotatable bonds is 4. The zero-order valence-corrected chi connectivity index (χ0v) is 15.4. The summed E-state index contributed by atoms with van der Waals surface area (Å²) in [5.41, 5.74) is 3.73. The van der Waals surface area contributed by atoms with Crippen molar-refractivity contribution in [3.63, 3.8) is 0 Å². The van der Waals surface area contributed by atoms with Crippen molar-refractivity contribution >= 4 is 40.1 Å². The van der Waals surface area contributed by atoms with E-state index in [1.807, 2.05) is 0 Å². The summed E-state index contributed by atoms with van der Waals surface area (Å²) >= 11 is 1.32. The Kier molecular flexibility index (Phi) is 5.76. The Hall–Kier alpha value is -3.58. The third-order valence-electron chi connectivity index (χ3n) is 4.18. The number of non-ortho nitro benzene ring substituents is 1. The summed E-state index contributed by atoms with van der Waals surface area (Å²) in [6.45, 7) is 0. The minimum absolute atomic E-state index is 0.112. The predicted octanol–water partition coefficient (Wildman–Crippen LogP) is 2.50. The van der Waals surface area contributed by atoms with Crippen LogP contribution < -0.4 is 10.7 Å². The lowest BCUT2D eigenvalue weighted by molar-refractivity contribution is -0.384. The van der Waals surface area contributed by atoms with Crippen LogP contribution >= 0.6 is 11.3 Å². The standard InChI is InChI=1S/C18H15N5O4S/c19-9-14-13-6-1-2-7-15(13)28-18(14)21-16(24)17(25)22-20-10-11-4-3-5-12(8-11)23(26)27/h3-5,8,10H,1-2,6-7H2,(H,21,24)(H,22,25). The van der Waals surface area contributed by atoms with Gasteiger partial charge in [-0.3, -0.25) is 19.7 Å². The van der Waals surface area contributed by atoms with Gasteiger partial charge in [0.2, 0.25) is 0 Å². The highest BCUT2D eigenvalue weighted by molar-refractivity contribution is 7.16. The van der Waals surface area contributed by atoms with Gasteiger partial charge in [-0.2, -0.15) is 10.4 Å². The normalized spacial score (nSPS) is 12.8. The number of nitriles is 1. The molecule has 1 aromatic heterocycles. The molecule has 2 amide bonds. The van der Waals surface area contributed by atoms with Crippen LogP contribution in [-0.4, -0.2) is 23.0 Å². The molecule has 28 heavy (non-hydrogen) atoms. The summed E-state index contributed by atoms with van der Waals surface area (Å²) < 4.78 is 0. The van der Waals surface area contributed by atoms with E-state index in [-0.39, 0.29) is 5.69 Å². The molecule has 10 heteroatoms. The number of nitro groups is 1. The van der Waals surface area contributed by atoms with Gasteiger partial charge in [0.05, 0.1) is 16.7 Å². The van der Waals surface area contributed by atoms with Crippen molar-refractivity contribution in [3.05, 3.63) is 55.9 Å². The molecule has 2 N–H and O–H groups in total. The number of hydrogen-bond acceptors (Lipinski definition) is 7. The third kappa shape index (κ3) is 4.21. The molecular weight excluding hydrogens is 382 g/mol. The van der Waals surface area contributed by atoms with Gasteiger partial charge in [0.15, 0.2) is 0 Å². The number of hydrogen-bond donors (Lipinski definition) is 2. The fraction of sp³-hybridized carbons (Fsp3) is 0.222. The molecule has 0 saturated heterocycles. The van der Waals surface area contributed by atoms with E-state index in [1.165, 1.54) is 35.8 Å². The zero-order chi connectivity index (χ0) is 20.1. The maximum Gasteiger partial charge on any atom is 0.329 e. The van der Waals surface area contributed by atoms with Gasteiger partial charge < -0.3 is 5.32 Å². The first-order valence-corrected chi connectivity index (χ1v) is 9.24. The van der Waals surface area contributed by atoms with E-state index in [0.717, 1.165) is 36.1 Å². The summed E-state index contributed by atoms with van der Waals surface area (Å²) in [6, 6.07) is 7.77. The number of thiophene rings is 1. The smallest absolute Gasteiger partial charge is 0.308 e. The number of carbonyl (C=O) groups excluding carboxylic acids is 2. The number of nitrogens with zero attached hydrogens (tertiary/aromatic N) is 3. The molecule has 1 aliphatic rings. The van der Waals surface area contributed by atoms with E-state index >= 15 is 0 Å². The number of benzene rings is 1. The number of anilines is 1. The van der Waals surface area contributed by atoms with E-state index in [9.17, 15) is 25.0 Å². The van der Waals surface area contributed by atoms with E-state index in [0.29, 0.717) is 16.1 Å². The second kappa shape index (κ2) is 8.41. The topological polar surface area (TPSA) is 137 Å². The second-order valence-corrected chi connectivity index (χ2v) is 7.14. The van der Waals surface area contributed by atoms with Crippen molar-refractivity contribution in [1.29, 1.82) is 5.26 Å². The molecular formula is C18H15N5O4S. The van der Waals surface area contributed by atoms with Crippen LogP contribution in [0.15, 0.2) is 29.4 Å². The zero-order valence-electron chi connectivity index (χ0n) is 14.6. The minimum Gasteiger partial charge on any atom is -0.308 e. The molecule has 0 radical (unpaired) electrons. The van der Waals surface area contributed by atoms with Crippen molar-refractivity contribution in [1.82, 2.24) is 5.43 Å². The van der Waals surface area contributed by atoms with Crippen molar-refractivity contribution in [3.8, 4) is 6.07 Å². The molecule has 0 bridgehead atoms. The van der Waals surface area contributed by atoms with Crippen LogP contribution in [0, 0.1) is 21.4 Å². The fourth-order valence-electron chi connectivity index (χ4n) is 2.87. The maximum atomic E-state index is 12.1. The molecule has 0 fully saturated rings. The molecule has 0 unspecified atom stereocenters. The molecule has 0 atom stereocenters. The molecule has 9 nitrogen and oxygen atoms in total. The Balaban J connectivity index is 1.63. The quantitative estimate of drug-likeness (QED) is 0.353. The van der Waals surface area contributed by atoms with E-state index in [4.69, 9.17) is 0 Å². The number of amides is 2. The highest BCUT2D eigenvalue weighted by Gasteiger charge is 2.23. The first-order valence-electron chi connectivity index (χ1n) is 8.43. The molecule has 1 heterocycles. The fourth-order valence-corrected chi connectivity index (χ4v) is 4.10. The molecule has 1 aromatic carbocycles. The number of fused-ring (bicyclic) bond motifs is 1. The van der Waals surface area contributed by atoms with E-state index < -0.39 is 16.7 Å². The summed E-state index contributed by atoms with van der Waals surface area (Å²) in [6.07, 6.45) is 4.90. The summed E-state index contributed by atoms with van der Waals surface area (Å²) in [7, 11) is 0. The predicted molar refractivity (Wildman–Crippen MR) is 103 cm³/mol. The molecule has 1 aliphatic carbocycles. The third-order valence-corrected chi connectivity index (χ3v) is 5.38. The lowest BCUT2D eigenvalue weighted by Gasteiger charge is -2.09. The minimum atomic E-state index is -1.00. The number of aryl methyl sites for hydroxylation is 1. The van der Waals surface area contributed by atoms with Gasteiger partial charge in [-0.15, -0.1) is 11.3 Å². The van der Waals surface area contributed by atoms with E-state index in [1.54, 1.807) is 6.07 Å². The van der Waals surface area contributed by atoms with Gasteiger partial charge in [-0.25, -0.2) is 5.43 Å². The van der Waals surface area contributed by atoms with Crippen LogP contribution in [-0.2, 0) is 22.4 Å². The monoisotopic (exact) mass is 397 g/mol. The number of carbonyl (C=O) groups is 2. The number of nitrogens with one attached hydrogen (secondary N) is 2. The first-order chi connectivity index (χ1) is 13.5. The van der Waals surface area contributed by atoms with Gasteiger partial charge >= 0.3 is 11.8 Å². The number of hydrazone groups is 1. The second-order valence-electron chi connectivity index (χ2n) is 6.03. The summed E-state index contributed by atoms with van der Waals surface area (Å²) in [4.78, 5) is 35.3. The lowest BCUT2D eigenvalue weighted by atomic mass is 9.96. The summed E-state index contributed by atoms with van der Waals surface area (Å²) in [5, 5.41) is 26.6. The average molecular weight is 397 g/mol. The van der Waals surface area contributed by atoms with Crippen molar-refractivity contribution in [2.75, 3.05) is 5.32 Å². The van der Waals surface area contributed by atoms with Crippen LogP contribution in [0.5, 0.6) is 0 Å². The van der Waals surface area contributed by atoms with Crippen molar-refractivity contribution in [2.24, 2.45) is 5.10 Å². The van der Waals surface area contributed by atoms with Gasteiger partial charge in [0.25, 0.3) is 5.69 Å². The highest BCUT2D eigenvalue weighted by atomic mass is 32.1. The SMILES string of the molecule is N#Cc1c(NC(=O)C(=O)NN=Cc2cccc([N+](=O)[O-])c2)sc2c1CCCC2. The van der Waals surface area contributed by atoms with Gasteiger partial charge in [0.1, 0.15) is 11.1 Å². The van der Waals surface area contributed by atoms with Crippen molar-refractivity contribution in [2.45, 2.75) is 25.7 Å². The highest BCUT2D eigenvalue weighted by Crippen LogP contribution is 2.37. The Morgan fingerprint density at radius 3 is 2.82 bits per heavy atom. The molecule has 0 spiro atoms. The Morgan fingerprint density at radius 1 is 1.29 bits per heavy atom. The Morgan fingerprint density at radius 2 is 2.07 bits per heavy atom. The van der Waals surface area contributed by atoms with Crippen LogP contribution in [0.1, 0.15) is 34.4 Å². The molecule has 3 rings (SSSR count).